The molecular weight excluding hydrogens is 1260 g/mol. The number of nitrogens with one attached hydrogen (secondary N) is 1. The number of carbonyl (C=O) groups excluding carboxylic acids is 1. The first-order valence-electron chi connectivity index (χ1n) is 41.4. The molecule has 0 aromatic heterocycles. The van der Waals surface area contributed by atoms with Crippen LogP contribution in [0.15, 0.2) is 12.2 Å². The summed E-state index contributed by atoms with van der Waals surface area (Å²) in [4.78, 5) is 13.4. The smallest absolute Gasteiger partial charge is 0.220 e. The Morgan fingerprint density at radius 2 is 0.626 bits per heavy atom. The normalized spacial score (nSPS) is 26.6. The summed E-state index contributed by atoms with van der Waals surface area (Å²) in [6.07, 6.45) is 46.8. The molecule has 19 nitrogen and oxygen atoms in total. The third-order valence-electron chi connectivity index (χ3n) is 21.1. The first-order valence-corrected chi connectivity index (χ1v) is 41.4. The topological polar surface area (TPSA) is 307 Å². The highest BCUT2D eigenvalue weighted by molar-refractivity contribution is 5.76. The number of ether oxygens (including phenoxy) is 6. The van der Waals surface area contributed by atoms with Crippen LogP contribution in [0.1, 0.15) is 361 Å². The van der Waals surface area contributed by atoms with E-state index in [4.69, 9.17) is 28.4 Å². The van der Waals surface area contributed by atoms with Gasteiger partial charge in [-0.15, -0.1) is 0 Å². The summed E-state index contributed by atoms with van der Waals surface area (Å²) in [7, 11) is 0. The lowest BCUT2D eigenvalue weighted by Gasteiger charge is -2.48. The van der Waals surface area contributed by atoms with Crippen LogP contribution >= 0.6 is 0 Å². The molecule has 99 heavy (non-hydrogen) atoms. The van der Waals surface area contributed by atoms with Crippen molar-refractivity contribution in [3.63, 3.8) is 0 Å². The lowest BCUT2D eigenvalue weighted by molar-refractivity contribution is -0.379. The Bertz CT molecular complexity index is 1840. The predicted molar refractivity (Wildman–Crippen MR) is 393 cm³/mol. The Balaban J connectivity index is 1.26. The number of unbranched alkanes of at least 4 members (excludes halogenated alkanes) is 51. The number of amides is 1. The second-order valence-electron chi connectivity index (χ2n) is 30.0. The minimum atomic E-state index is -1.98. The standard InChI is InChI=1S/C80H153NO18/c1-3-5-7-9-11-13-15-17-19-20-21-22-23-24-25-26-27-28-29-30-31-32-33-34-35-36-37-38-39-40-41-42-43-44-46-48-50-52-54-56-58-68(86)81-63(64(85)57-55-53-51-49-47-45-18-16-14-12-10-8-6-4-2)62-94-78-74(92)71(89)76(66(60-83)96-78)99-80-75(93)72(90)77(67(61-84)97-80)98-79-73(91)70(88)69(87)65(59-82)95-79/h55,57,63-67,69-80,82-85,87-93H,3-54,56,58-62H2,1-2H3,(H,81,86)/b57-55+. The molecular formula is C80H153NO18. The maximum absolute atomic E-state index is 13.4. The van der Waals surface area contributed by atoms with E-state index in [0.29, 0.717) is 6.42 Å². The molecule has 0 aliphatic carbocycles. The van der Waals surface area contributed by atoms with Crippen LogP contribution in [0.25, 0.3) is 0 Å². The van der Waals surface area contributed by atoms with Crippen molar-refractivity contribution in [1.82, 2.24) is 5.32 Å². The van der Waals surface area contributed by atoms with E-state index in [2.05, 4.69) is 19.2 Å². The molecule has 3 saturated heterocycles. The molecule has 17 unspecified atom stereocenters. The Morgan fingerprint density at radius 1 is 0.354 bits per heavy atom. The molecule has 0 aromatic carbocycles. The highest BCUT2D eigenvalue weighted by atomic mass is 16.8. The quantitative estimate of drug-likeness (QED) is 0.0199. The van der Waals surface area contributed by atoms with Gasteiger partial charge in [-0.05, 0) is 19.3 Å². The maximum atomic E-state index is 13.4. The number of hydrogen-bond acceptors (Lipinski definition) is 18. The molecule has 3 rings (SSSR count). The first kappa shape index (κ1) is 91.7. The van der Waals surface area contributed by atoms with Crippen molar-refractivity contribution >= 4 is 5.91 Å². The van der Waals surface area contributed by atoms with Gasteiger partial charge in [-0.3, -0.25) is 4.79 Å². The van der Waals surface area contributed by atoms with Gasteiger partial charge in [0.15, 0.2) is 18.9 Å². The monoisotopic (exact) mass is 1420 g/mol. The summed E-state index contributed by atoms with van der Waals surface area (Å²) in [6.45, 7) is 1.78. The van der Waals surface area contributed by atoms with Gasteiger partial charge in [0, 0.05) is 6.42 Å². The molecule has 3 aliphatic rings. The van der Waals surface area contributed by atoms with Gasteiger partial charge >= 0.3 is 0 Å². The molecule has 0 aromatic rings. The summed E-state index contributed by atoms with van der Waals surface area (Å²) in [5.41, 5.74) is 0. The van der Waals surface area contributed by atoms with Gasteiger partial charge in [-0.1, -0.05) is 347 Å². The summed E-state index contributed by atoms with van der Waals surface area (Å²) in [5.74, 6) is -0.268. The molecule has 1 amide bonds. The third kappa shape index (κ3) is 41.9. The second-order valence-corrected chi connectivity index (χ2v) is 30.0. The highest BCUT2D eigenvalue weighted by Gasteiger charge is 2.54. The van der Waals surface area contributed by atoms with E-state index >= 15 is 0 Å². The molecule has 586 valence electrons. The summed E-state index contributed by atoms with van der Waals surface area (Å²) in [5, 5.41) is 121. The van der Waals surface area contributed by atoms with Crippen molar-refractivity contribution in [2.24, 2.45) is 0 Å². The van der Waals surface area contributed by atoms with E-state index in [0.717, 1.165) is 44.9 Å². The van der Waals surface area contributed by atoms with Gasteiger partial charge in [-0.25, -0.2) is 0 Å². The fourth-order valence-electron chi connectivity index (χ4n) is 14.4. The summed E-state index contributed by atoms with van der Waals surface area (Å²) < 4.78 is 34.4. The SMILES string of the molecule is CCCCCCCCCCCCCC/C=C/C(O)C(COC1OC(CO)C(OC2OC(CO)C(OC3OC(CO)C(O)C(O)C3O)C(O)C2O)C(O)C1O)NC(=O)CCCCCCCCCCCCCCCCCCCCCCCCCCCCCCCCCCCCCCCCCC. The van der Waals surface area contributed by atoms with Crippen molar-refractivity contribution in [2.75, 3.05) is 26.4 Å². The number of aliphatic hydroxyl groups excluding tert-OH is 11. The molecule has 0 saturated carbocycles. The number of hydrogen-bond donors (Lipinski definition) is 12. The average Bonchev–Trinajstić information content (AvgIpc) is 0.784. The predicted octanol–water partition coefficient (Wildman–Crippen LogP) is 14.0. The van der Waals surface area contributed by atoms with Crippen LogP contribution in [0.5, 0.6) is 0 Å². The summed E-state index contributed by atoms with van der Waals surface area (Å²) in [6, 6.07) is -0.969. The maximum Gasteiger partial charge on any atom is 0.220 e. The van der Waals surface area contributed by atoms with Crippen LogP contribution in [0.2, 0.25) is 0 Å². The lowest BCUT2D eigenvalue weighted by Crippen LogP contribution is -2.66. The van der Waals surface area contributed by atoms with Crippen LogP contribution in [-0.2, 0) is 33.2 Å². The largest absolute Gasteiger partial charge is 0.394 e. The minimum absolute atomic E-state index is 0.250. The van der Waals surface area contributed by atoms with Crippen molar-refractivity contribution in [2.45, 2.75) is 465 Å². The minimum Gasteiger partial charge on any atom is -0.394 e. The molecule has 3 aliphatic heterocycles. The second kappa shape index (κ2) is 61.7. The average molecular weight is 1420 g/mol. The Hall–Kier alpha value is -1.47. The zero-order valence-electron chi connectivity index (χ0n) is 62.8. The van der Waals surface area contributed by atoms with E-state index in [1.54, 1.807) is 6.08 Å². The van der Waals surface area contributed by atoms with E-state index in [1.807, 2.05) is 6.08 Å². The van der Waals surface area contributed by atoms with Crippen molar-refractivity contribution in [3.8, 4) is 0 Å². The fourth-order valence-corrected chi connectivity index (χ4v) is 14.4. The summed E-state index contributed by atoms with van der Waals surface area (Å²) >= 11 is 0. The number of carbonyl (C=O) groups is 1. The van der Waals surface area contributed by atoms with Crippen LogP contribution in [0.4, 0.5) is 0 Å². The van der Waals surface area contributed by atoms with E-state index in [9.17, 15) is 61.0 Å². The van der Waals surface area contributed by atoms with Crippen molar-refractivity contribution in [1.29, 1.82) is 0 Å². The van der Waals surface area contributed by atoms with Crippen molar-refractivity contribution in [3.05, 3.63) is 12.2 Å². The van der Waals surface area contributed by atoms with Crippen LogP contribution < -0.4 is 5.32 Å². The van der Waals surface area contributed by atoms with Gasteiger partial charge in [0.2, 0.25) is 5.91 Å². The van der Waals surface area contributed by atoms with Gasteiger partial charge in [-0.2, -0.15) is 0 Å². The van der Waals surface area contributed by atoms with Gasteiger partial charge in [0.1, 0.15) is 73.2 Å². The molecule has 12 N–H and O–H groups in total. The highest BCUT2D eigenvalue weighted by Crippen LogP contribution is 2.33. The van der Waals surface area contributed by atoms with Gasteiger partial charge in [0.05, 0.1) is 38.6 Å². The molecule has 0 radical (unpaired) electrons. The van der Waals surface area contributed by atoms with Gasteiger partial charge < -0.3 is 89.9 Å². The van der Waals surface area contributed by atoms with Crippen LogP contribution in [0, 0.1) is 0 Å². The number of rotatable bonds is 67. The van der Waals surface area contributed by atoms with Crippen LogP contribution in [-0.4, -0.2) is 193 Å². The van der Waals surface area contributed by atoms with E-state index in [1.165, 1.54) is 289 Å². The van der Waals surface area contributed by atoms with E-state index in [-0.39, 0.29) is 18.9 Å². The number of allylic oxidation sites excluding steroid dienone is 1. The van der Waals surface area contributed by atoms with Crippen molar-refractivity contribution < 1.29 is 89.4 Å². The Morgan fingerprint density at radius 3 is 0.949 bits per heavy atom. The lowest BCUT2D eigenvalue weighted by atomic mass is 9.96. The Kier molecular flexibility index (Phi) is 57.1. The molecule has 0 spiro atoms. The van der Waals surface area contributed by atoms with Crippen LogP contribution in [0.3, 0.4) is 0 Å². The van der Waals surface area contributed by atoms with E-state index < -0.39 is 124 Å². The third-order valence-corrected chi connectivity index (χ3v) is 21.1. The zero-order valence-corrected chi connectivity index (χ0v) is 62.8. The first-order chi connectivity index (χ1) is 48.3. The molecule has 0 bridgehead atoms. The molecule has 19 heteroatoms. The number of aliphatic hydroxyl groups is 11. The zero-order chi connectivity index (χ0) is 71.8. The van der Waals surface area contributed by atoms with Gasteiger partial charge in [0.25, 0.3) is 0 Å². The molecule has 3 fully saturated rings. The fraction of sp³-hybridized carbons (Fsp3) is 0.963. The molecule has 17 atom stereocenters. The molecule has 3 heterocycles. The Labute approximate surface area is 601 Å².